The molecule has 1 unspecified atom stereocenters. The summed E-state index contributed by atoms with van der Waals surface area (Å²) in [4.78, 5) is 20.4. The van der Waals surface area contributed by atoms with Gasteiger partial charge in [-0.1, -0.05) is 30.3 Å². The third-order valence-corrected chi connectivity index (χ3v) is 4.65. The van der Waals surface area contributed by atoms with Gasteiger partial charge in [-0.05, 0) is 28.8 Å². The van der Waals surface area contributed by atoms with Gasteiger partial charge in [0.05, 0.1) is 5.71 Å². The largest absolute Gasteiger partial charge is 0.288 e. The standard InChI is InChI=1S/C18H9N3O/c1-18(8-20-18)13-6-5-10-14-9(13)3-2-4-11(14)16-15(10)12(7-19)17(22)21-16/h2-6,8H,1H3. The van der Waals surface area contributed by atoms with Crippen LogP contribution in [0.5, 0.6) is 0 Å². The average Bonchev–Trinajstić information content (AvgIpc) is 3.07. The molecule has 0 bridgehead atoms. The summed E-state index contributed by atoms with van der Waals surface area (Å²) in [6.45, 7) is 2.08. The second-order valence-corrected chi connectivity index (χ2v) is 5.92. The fourth-order valence-corrected chi connectivity index (χ4v) is 3.49. The van der Waals surface area contributed by atoms with Crippen molar-refractivity contribution in [3.05, 3.63) is 52.6 Å². The maximum atomic E-state index is 11.9. The molecule has 5 rings (SSSR count). The van der Waals surface area contributed by atoms with Crippen molar-refractivity contribution in [3.63, 3.8) is 0 Å². The molecule has 1 atom stereocenters. The summed E-state index contributed by atoms with van der Waals surface area (Å²) in [6.07, 6.45) is 1.94. The summed E-state index contributed by atoms with van der Waals surface area (Å²) in [5.74, 6) is -0.434. The predicted molar refractivity (Wildman–Crippen MR) is 83.9 cm³/mol. The lowest BCUT2D eigenvalue weighted by atomic mass is 9.91. The molecule has 0 aromatic heterocycles. The van der Waals surface area contributed by atoms with Gasteiger partial charge >= 0.3 is 0 Å². The molecule has 22 heavy (non-hydrogen) atoms. The molecule has 3 aliphatic rings. The lowest BCUT2D eigenvalue weighted by Crippen LogP contribution is -2.05. The number of amides is 1. The number of hydrogen-bond donors (Lipinski definition) is 0. The fraction of sp³-hybridized carbons (Fsp3) is 0.111. The van der Waals surface area contributed by atoms with E-state index >= 15 is 0 Å². The van der Waals surface area contributed by atoms with Crippen LogP contribution in [-0.2, 0) is 10.3 Å². The zero-order valence-electron chi connectivity index (χ0n) is 11.7. The Morgan fingerprint density at radius 2 is 2.00 bits per heavy atom. The van der Waals surface area contributed by atoms with Gasteiger partial charge in [0.25, 0.3) is 5.91 Å². The molecular formula is C18H9N3O. The normalized spacial score (nSPS) is 23.8. The molecule has 0 saturated heterocycles. The maximum absolute atomic E-state index is 11.9. The average molecular weight is 283 g/mol. The number of benzene rings is 2. The van der Waals surface area contributed by atoms with Gasteiger partial charge < -0.3 is 0 Å². The number of hydrogen-bond acceptors (Lipinski definition) is 3. The Kier molecular flexibility index (Phi) is 1.79. The quantitative estimate of drug-likeness (QED) is 0.807. The number of nitrogens with zero attached hydrogens (tertiary/aromatic N) is 3. The molecule has 2 aromatic rings. The van der Waals surface area contributed by atoms with Crippen molar-refractivity contribution in [2.24, 2.45) is 9.98 Å². The van der Waals surface area contributed by atoms with Gasteiger partial charge in [0.2, 0.25) is 0 Å². The smallest absolute Gasteiger partial charge is 0.278 e. The van der Waals surface area contributed by atoms with E-state index in [9.17, 15) is 10.1 Å². The monoisotopic (exact) mass is 283 g/mol. The number of aliphatic imine (C=N–C) groups is 2. The Morgan fingerprint density at radius 3 is 2.73 bits per heavy atom. The predicted octanol–water partition coefficient (Wildman–Crippen LogP) is 2.76. The SMILES string of the molecule is CC1(c2ccc3c4c(cccc24)C2=NC(=O)C(C#N)=C23)C=N1. The van der Waals surface area contributed by atoms with Crippen molar-refractivity contribution < 1.29 is 4.79 Å². The second-order valence-electron chi connectivity index (χ2n) is 5.92. The first kappa shape index (κ1) is 11.6. The van der Waals surface area contributed by atoms with Crippen LogP contribution in [0.15, 0.2) is 45.9 Å². The minimum absolute atomic E-state index is 0.147. The number of rotatable bonds is 1. The molecule has 0 N–H and O–H groups in total. The first-order valence-electron chi connectivity index (χ1n) is 7.05. The number of nitriles is 1. The third-order valence-electron chi connectivity index (χ3n) is 4.65. The molecular weight excluding hydrogens is 274 g/mol. The maximum Gasteiger partial charge on any atom is 0.288 e. The molecule has 1 amide bonds. The van der Waals surface area contributed by atoms with Crippen LogP contribution in [0.25, 0.3) is 16.3 Å². The van der Waals surface area contributed by atoms with Crippen molar-refractivity contribution in [3.8, 4) is 6.07 Å². The summed E-state index contributed by atoms with van der Waals surface area (Å²) in [5, 5.41) is 11.5. The third kappa shape index (κ3) is 1.16. The molecule has 102 valence electrons. The van der Waals surface area contributed by atoms with E-state index in [4.69, 9.17) is 0 Å². The molecule has 0 radical (unpaired) electrons. The molecule has 2 aromatic carbocycles. The van der Waals surface area contributed by atoms with Crippen LogP contribution in [0, 0.1) is 11.3 Å². The van der Waals surface area contributed by atoms with Gasteiger partial charge in [-0.15, -0.1) is 0 Å². The highest BCUT2D eigenvalue weighted by Crippen LogP contribution is 2.46. The summed E-state index contributed by atoms with van der Waals surface area (Å²) >= 11 is 0. The Labute approximate surface area is 126 Å². The first-order chi connectivity index (χ1) is 10.6. The van der Waals surface area contributed by atoms with Gasteiger partial charge in [-0.25, -0.2) is 4.99 Å². The highest BCUT2D eigenvalue weighted by atomic mass is 16.1. The lowest BCUT2D eigenvalue weighted by Gasteiger charge is -2.12. The van der Waals surface area contributed by atoms with Crippen molar-refractivity contribution in [2.75, 3.05) is 0 Å². The molecule has 1 aliphatic carbocycles. The number of fused-ring (bicyclic) bond motifs is 3. The van der Waals surface area contributed by atoms with E-state index in [1.807, 2.05) is 36.5 Å². The van der Waals surface area contributed by atoms with E-state index in [-0.39, 0.29) is 11.1 Å². The van der Waals surface area contributed by atoms with E-state index in [2.05, 4.69) is 23.0 Å². The summed E-state index contributed by atoms with van der Waals surface area (Å²) in [5.41, 5.74) is 4.27. The van der Waals surface area contributed by atoms with Crippen LogP contribution in [0.2, 0.25) is 0 Å². The van der Waals surface area contributed by atoms with E-state index in [1.54, 1.807) is 0 Å². The van der Waals surface area contributed by atoms with Crippen molar-refractivity contribution in [1.29, 1.82) is 5.26 Å². The van der Waals surface area contributed by atoms with Gasteiger partial charge in [0, 0.05) is 17.4 Å². The van der Waals surface area contributed by atoms with E-state index < -0.39 is 5.91 Å². The Hall–Kier alpha value is -3.06. The highest BCUT2D eigenvalue weighted by Gasteiger charge is 2.39. The van der Waals surface area contributed by atoms with Gasteiger partial charge in [-0.3, -0.25) is 9.79 Å². The summed E-state index contributed by atoms with van der Waals surface area (Å²) < 4.78 is 0. The minimum Gasteiger partial charge on any atom is -0.278 e. The first-order valence-corrected chi connectivity index (χ1v) is 7.05. The van der Waals surface area contributed by atoms with Gasteiger partial charge in [0.1, 0.15) is 17.2 Å². The van der Waals surface area contributed by atoms with Crippen LogP contribution in [0.4, 0.5) is 0 Å². The molecule has 2 heterocycles. The van der Waals surface area contributed by atoms with E-state index in [0.29, 0.717) is 11.3 Å². The minimum atomic E-state index is -0.434. The molecule has 0 fully saturated rings. The molecule has 4 nitrogen and oxygen atoms in total. The number of carbonyl (C=O) groups excluding carboxylic acids is 1. The Balaban J connectivity index is 1.94. The molecule has 0 saturated carbocycles. The van der Waals surface area contributed by atoms with Gasteiger partial charge in [0.15, 0.2) is 0 Å². The van der Waals surface area contributed by atoms with E-state index in [0.717, 1.165) is 27.5 Å². The molecule has 4 heteroatoms. The van der Waals surface area contributed by atoms with Crippen molar-refractivity contribution in [2.45, 2.75) is 12.5 Å². The Morgan fingerprint density at radius 1 is 1.18 bits per heavy atom. The van der Waals surface area contributed by atoms with Crippen LogP contribution >= 0.6 is 0 Å². The highest BCUT2D eigenvalue weighted by molar-refractivity contribution is 6.50. The second kappa shape index (κ2) is 3.40. The van der Waals surface area contributed by atoms with E-state index in [1.165, 1.54) is 0 Å². The fourth-order valence-electron chi connectivity index (χ4n) is 3.49. The number of allylic oxidation sites excluding steroid dienone is 1. The van der Waals surface area contributed by atoms with Crippen molar-refractivity contribution >= 4 is 34.2 Å². The zero-order valence-corrected chi connectivity index (χ0v) is 11.7. The zero-order chi connectivity index (χ0) is 15.1. The van der Waals surface area contributed by atoms with Crippen LogP contribution < -0.4 is 0 Å². The molecule has 2 aliphatic heterocycles. The van der Waals surface area contributed by atoms with Crippen LogP contribution in [0.3, 0.4) is 0 Å². The van der Waals surface area contributed by atoms with Crippen LogP contribution in [0.1, 0.15) is 23.6 Å². The summed E-state index contributed by atoms with van der Waals surface area (Å²) in [6, 6.07) is 12.0. The number of carbonyl (C=O) groups is 1. The van der Waals surface area contributed by atoms with Crippen molar-refractivity contribution in [1.82, 2.24) is 0 Å². The van der Waals surface area contributed by atoms with Gasteiger partial charge in [-0.2, -0.15) is 5.26 Å². The lowest BCUT2D eigenvalue weighted by molar-refractivity contribution is -0.113. The van der Waals surface area contributed by atoms with Crippen LogP contribution in [-0.4, -0.2) is 17.8 Å². The molecule has 0 spiro atoms. The summed E-state index contributed by atoms with van der Waals surface area (Å²) in [7, 11) is 0. The Bertz CT molecular complexity index is 1060. The topological polar surface area (TPSA) is 65.6 Å².